The number of nitrogens with one attached hydrogen (secondary N) is 1. The zero-order valence-corrected chi connectivity index (χ0v) is 11.2. The van der Waals surface area contributed by atoms with Crippen molar-refractivity contribution in [2.75, 3.05) is 19.6 Å². The van der Waals surface area contributed by atoms with E-state index >= 15 is 0 Å². The Morgan fingerprint density at radius 1 is 1.35 bits per heavy atom. The van der Waals surface area contributed by atoms with Crippen molar-refractivity contribution in [1.82, 2.24) is 10.2 Å². The van der Waals surface area contributed by atoms with Crippen LogP contribution in [0.15, 0.2) is 0 Å². The highest BCUT2D eigenvalue weighted by Crippen LogP contribution is 2.33. The number of hydrogen-bond donors (Lipinski definition) is 1. The van der Waals surface area contributed by atoms with Gasteiger partial charge in [0.15, 0.2) is 0 Å². The third-order valence-corrected chi connectivity index (χ3v) is 4.40. The van der Waals surface area contributed by atoms with E-state index in [1.165, 1.54) is 12.8 Å². The smallest absolute Gasteiger partial charge is 0.226 e. The molecule has 2 aliphatic rings. The van der Waals surface area contributed by atoms with Gasteiger partial charge in [-0.25, -0.2) is 0 Å². The van der Waals surface area contributed by atoms with Gasteiger partial charge in [-0.1, -0.05) is 20.3 Å². The van der Waals surface area contributed by atoms with E-state index in [4.69, 9.17) is 0 Å². The summed E-state index contributed by atoms with van der Waals surface area (Å²) in [5.74, 6) is 1.34. The first kappa shape index (κ1) is 12.9. The zero-order chi connectivity index (χ0) is 12.3. The van der Waals surface area contributed by atoms with E-state index in [2.05, 4.69) is 24.1 Å². The minimum atomic E-state index is 0.308. The van der Waals surface area contributed by atoms with Crippen molar-refractivity contribution in [3.05, 3.63) is 0 Å². The van der Waals surface area contributed by atoms with Crippen molar-refractivity contribution < 1.29 is 4.79 Å². The predicted molar refractivity (Wildman–Crippen MR) is 69.8 cm³/mol. The molecule has 17 heavy (non-hydrogen) atoms. The quantitative estimate of drug-likeness (QED) is 0.812. The second-order valence-corrected chi connectivity index (χ2v) is 5.69. The Morgan fingerprint density at radius 2 is 2.18 bits per heavy atom. The van der Waals surface area contributed by atoms with Crippen LogP contribution in [0.3, 0.4) is 0 Å². The number of carbonyl (C=O) groups excluding carboxylic acids is 1. The molecule has 1 aliphatic carbocycles. The van der Waals surface area contributed by atoms with E-state index in [0.29, 0.717) is 23.8 Å². The Labute approximate surface area is 105 Å². The van der Waals surface area contributed by atoms with Crippen molar-refractivity contribution in [2.24, 2.45) is 11.8 Å². The number of amides is 1. The minimum absolute atomic E-state index is 0.308. The first-order chi connectivity index (χ1) is 8.24. The fraction of sp³-hybridized carbons (Fsp3) is 0.929. The Kier molecular flexibility index (Phi) is 4.43. The molecule has 3 atom stereocenters. The SMILES string of the molecule is CCCN(C(=O)C1CCCC1C)C1CCNC1. The molecule has 3 unspecified atom stereocenters. The van der Waals surface area contributed by atoms with Gasteiger partial charge in [-0.3, -0.25) is 4.79 Å². The molecule has 1 saturated heterocycles. The average Bonchev–Trinajstić information content (AvgIpc) is 2.95. The second-order valence-electron chi connectivity index (χ2n) is 5.69. The molecule has 0 aromatic rings. The van der Waals surface area contributed by atoms with Gasteiger partial charge in [-0.05, 0) is 38.1 Å². The van der Waals surface area contributed by atoms with Crippen LogP contribution in [0.25, 0.3) is 0 Å². The summed E-state index contributed by atoms with van der Waals surface area (Å²) in [6.07, 6.45) is 5.79. The van der Waals surface area contributed by atoms with Crippen molar-refractivity contribution in [3.8, 4) is 0 Å². The Bertz CT molecular complexity index is 261. The molecule has 0 radical (unpaired) electrons. The predicted octanol–water partition coefficient (Wildman–Crippen LogP) is 2.02. The molecule has 1 saturated carbocycles. The lowest BCUT2D eigenvalue weighted by Crippen LogP contribution is -2.45. The van der Waals surface area contributed by atoms with Crippen LogP contribution < -0.4 is 5.32 Å². The first-order valence-electron chi connectivity index (χ1n) is 7.25. The Balaban J connectivity index is 2.01. The van der Waals surface area contributed by atoms with Crippen LogP contribution in [0.5, 0.6) is 0 Å². The van der Waals surface area contributed by atoms with E-state index < -0.39 is 0 Å². The van der Waals surface area contributed by atoms with Gasteiger partial charge in [-0.15, -0.1) is 0 Å². The maximum absolute atomic E-state index is 12.6. The van der Waals surface area contributed by atoms with Crippen molar-refractivity contribution in [2.45, 2.75) is 52.0 Å². The molecule has 3 heteroatoms. The van der Waals surface area contributed by atoms with Gasteiger partial charge in [0.05, 0.1) is 0 Å². The molecule has 3 nitrogen and oxygen atoms in total. The molecule has 0 bridgehead atoms. The minimum Gasteiger partial charge on any atom is -0.338 e. The van der Waals surface area contributed by atoms with Gasteiger partial charge in [-0.2, -0.15) is 0 Å². The lowest BCUT2D eigenvalue weighted by molar-refractivity contribution is -0.138. The summed E-state index contributed by atoms with van der Waals surface area (Å²) >= 11 is 0. The summed E-state index contributed by atoms with van der Waals surface area (Å²) in [6, 6.07) is 0.454. The standard InChI is InChI=1S/C14H26N2O/c1-3-9-16(12-7-8-15-10-12)14(17)13-6-4-5-11(13)2/h11-13,15H,3-10H2,1-2H3. The highest BCUT2D eigenvalue weighted by Gasteiger charge is 2.35. The van der Waals surface area contributed by atoms with Crippen LogP contribution in [0.4, 0.5) is 0 Å². The molecule has 2 fully saturated rings. The summed E-state index contributed by atoms with van der Waals surface area (Å²) in [6.45, 7) is 7.41. The van der Waals surface area contributed by atoms with Crippen LogP contribution in [-0.2, 0) is 4.79 Å². The van der Waals surface area contributed by atoms with Crippen LogP contribution >= 0.6 is 0 Å². The van der Waals surface area contributed by atoms with Crippen LogP contribution in [-0.4, -0.2) is 36.5 Å². The molecule has 0 aromatic carbocycles. The van der Waals surface area contributed by atoms with E-state index in [9.17, 15) is 4.79 Å². The lowest BCUT2D eigenvalue weighted by atomic mass is 9.95. The largest absolute Gasteiger partial charge is 0.338 e. The van der Waals surface area contributed by atoms with Crippen LogP contribution in [0.2, 0.25) is 0 Å². The highest BCUT2D eigenvalue weighted by molar-refractivity contribution is 5.79. The number of rotatable bonds is 4. The summed E-state index contributed by atoms with van der Waals surface area (Å²) in [5.41, 5.74) is 0. The van der Waals surface area contributed by atoms with Crippen molar-refractivity contribution in [3.63, 3.8) is 0 Å². The molecule has 98 valence electrons. The fourth-order valence-corrected chi connectivity index (χ4v) is 3.34. The molecule has 1 aliphatic heterocycles. The molecule has 0 spiro atoms. The monoisotopic (exact) mass is 238 g/mol. The summed E-state index contributed by atoms with van der Waals surface area (Å²) in [7, 11) is 0. The highest BCUT2D eigenvalue weighted by atomic mass is 16.2. The molecule has 1 heterocycles. The summed E-state index contributed by atoms with van der Waals surface area (Å²) < 4.78 is 0. The van der Waals surface area contributed by atoms with Crippen LogP contribution in [0.1, 0.15) is 46.0 Å². The fourth-order valence-electron chi connectivity index (χ4n) is 3.34. The molecule has 1 amide bonds. The van der Waals surface area contributed by atoms with Crippen molar-refractivity contribution in [1.29, 1.82) is 0 Å². The summed E-state index contributed by atoms with van der Waals surface area (Å²) in [5, 5.41) is 3.37. The topological polar surface area (TPSA) is 32.3 Å². The molecule has 0 aromatic heterocycles. The lowest BCUT2D eigenvalue weighted by Gasteiger charge is -2.32. The maximum atomic E-state index is 12.6. The average molecular weight is 238 g/mol. The van der Waals surface area contributed by atoms with E-state index in [1.54, 1.807) is 0 Å². The van der Waals surface area contributed by atoms with Gasteiger partial charge < -0.3 is 10.2 Å². The van der Waals surface area contributed by atoms with Gasteiger partial charge in [0.2, 0.25) is 5.91 Å². The van der Waals surface area contributed by atoms with Gasteiger partial charge in [0, 0.05) is 25.0 Å². The number of hydrogen-bond acceptors (Lipinski definition) is 2. The van der Waals surface area contributed by atoms with Crippen molar-refractivity contribution >= 4 is 5.91 Å². The maximum Gasteiger partial charge on any atom is 0.226 e. The zero-order valence-electron chi connectivity index (χ0n) is 11.2. The number of nitrogens with zero attached hydrogens (tertiary/aromatic N) is 1. The molecule has 1 N–H and O–H groups in total. The normalized spacial score (nSPS) is 32.9. The van der Waals surface area contributed by atoms with Crippen LogP contribution in [0, 0.1) is 11.8 Å². The Hall–Kier alpha value is -0.570. The summed E-state index contributed by atoms with van der Waals surface area (Å²) in [4.78, 5) is 14.8. The molecular formula is C14H26N2O. The van der Waals surface area contributed by atoms with Gasteiger partial charge in [0.25, 0.3) is 0 Å². The number of carbonyl (C=O) groups is 1. The van der Waals surface area contributed by atoms with E-state index in [-0.39, 0.29) is 0 Å². The first-order valence-corrected chi connectivity index (χ1v) is 7.25. The van der Waals surface area contributed by atoms with Gasteiger partial charge in [0.1, 0.15) is 0 Å². The molecular weight excluding hydrogens is 212 g/mol. The van der Waals surface area contributed by atoms with E-state index in [1.807, 2.05) is 0 Å². The third-order valence-electron chi connectivity index (χ3n) is 4.40. The van der Waals surface area contributed by atoms with E-state index in [0.717, 1.165) is 38.9 Å². The third kappa shape index (κ3) is 2.82. The Morgan fingerprint density at radius 3 is 2.71 bits per heavy atom. The molecule has 2 rings (SSSR count). The van der Waals surface area contributed by atoms with Gasteiger partial charge >= 0.3 is 0 Å². The second kappa shape index (κ2) is 5.85.